The van der Waals surface area contributed by atoms with Gasteiger partial charge in [0, 0.05) is 0 Å². The highest BCUT2D eigenvalue weighted by Gasteiger charge is 2.26. The first-order chi connectivity index (χ1) is 11.5. The minimum Gasteiger partial charge on any atom is -0.489 e. The Morgan fingerprint density at radius 2 is 1.79 bits per heavy atom. The van der Waals surface area contributed by atoms with Crippen molar-refractivity contribution in [1.29, 1.82) is 0 Å². The van der Waals surface area contributed by atoms with Gasteiger partial charge in [-0.2, -0.15) is 0 Å². The van der Waals surface area contributed by atoms with Gasteiger partial charge in [-0.15, -0.1) is 0 Å². The molecule has 1 fully saturated rings. The molecule has 0 bridgehead atoms. The Labute approximate surface area is 156 Å². The van der Waals surface area contributed by atoms with E-state index in [4.69, 9.17) is 9.47 Å². The van der Waals surface area contributed by atoms with Crippen LogP contribution >= 0.6 is 22.6 Å². The number of hydrogen-bond donors (Lipinski definition) is 0. The molecule has 0 aliphatic heterocycles. The van der Waals surface area contributed by atoms with Crippen LogP contribution in [0.5, 0.6) is 5.75 Å². The first kappa shape index (κ1) is 17.5. The largest absolute Gasteiger partial charge is 0.489 e. The zero-order valence-corrected chi connectivity index (χ0v) is 16.5. The van der Waals surface area contributed by atoms with E-state index in [1.165, 1.54) is 13.5 Å². The number of carbonyl (C=O) groups is 1. The summed E-state index contributed by atoms with van der Waals surface area (Å²) in [5.41, 5.74) is 0.574. The molecule has 1 saturated carbocycles. The van der Waals surface area contributed by atoms with Crippen LogP contribution in [0.15, 0.2) is 30.3 Å². The third-order valence-electron chi connectivity index (χ3n) is 4.77. The lowest BCUT2D eigenvalue weighted by Crippen LogP contribution is -2.28. The van der Waals surface area contributed by atoms with E-state index in [0.29, 0.717) is 11.7 Å². The predicted molar refractivity (Wildman–Crippen MR) is 105 cm³/mol. The second-order valence-electron chi connectivity index (χ2n) is 6.96. The molecule has 2 atom stereocenters. The number of rotatable bonds is 3. The molecule has 24 heavy (non-hydrogen) atoms. The van der Waals surface area contributed by atoms with E-state index in [2.05, 4.69) is 36.4 Å². The molecule has 1 aliphatic rings. The summed E-state index contributed by atoms with van der Waals surface area (Å²) >= 11 is 2.34. The smallest absolute Gasteiger partial charge is 0.337 e. The van der Waals surface area contributed by atoms with Gasteiger partial charge in [-0.1, -0.05) is 26.0 Å². The summed E-state index contributed by atoms with van der Waals surface area (Å²) < 4.78 is 12.2. The van der Waals surface area contributed by atoms with Crippen LogP contribution in [0.3, 0.4) is 0 Å². The van der Waals surface area contributed by atoms with Crippen LogP contribution in [0.1, 0.15) is 43.5 Å². The molecular weight excluding hydrogens is 415 g/mol. The van der Waals surface area contributed by atoms with Crippen LogP contribution in [0.2, 0.25) is 0 Å². The van der Waals surface area contributed by atoms with E-state index < -0.39 is 0 Å². The Morgan fingerprint density at radius 1 is 1.08 bits per heavy atom. The van der Waals surface area contributed by atoms with Crippen LogP contribution in [0.25, 0.3) is 10.8 Å². The van der Waals surface area contributed by atoms with Crippen LogP contribution in [-0.4, -0.2) is 19.2 Å². The molecule has 2 aromatic carbocycles. The van der Waals surface area contributed by atoms with Crippen LogP contribution in [-0.2, 0) is 4.74 Å². The Morgan fingerprint density at radius 3 is 2.46 bits per heavy atom. The maximum Gasteiger partial charge on any atom is 0.337 e. The van der Waals surface area contributed by atoms with Crippen LogP contribution in [0, 0.1) is 15.4 Å². The van der Waals surface area contributed by atoms with Crippen molar-refractivity contribution in [2.45, 2.75) is 39.2 Å². The highest BCUT2D eigenvalue weighted by molar-refractivity contribution is 14.1. The first-order valence-electron chi connectivity index (χ1n) is 8.45. The van der Waals surface area contributed by atoms with Gasteiger partial charge in [0.05, 0.1) is 22.3 Å². The van der Waals surface area contributed by atoms with Crippen molar-refractivity contribution >= 4 is 39.3 Å². The Kier molecular flexibility index (Phi) is 5.33. The molecule has 0 saturated heterocycles. The van der Waals surface area contributed by atoms with Gasteiger partial charge in [-0.25, -0.2) is 4.79 Å². The zero-order chi connectivity index (χ0) is 17.3. The van der Waals surface area contributed by atoms with Gasteiger partial charge in [-0.3, -0.25) is 0 Å². The molecule has 0 radical (unpaired) electrons. The van der Waals surface area contributed by atoms with Gasteiger partial charge in [0.25, 0.3) is 0 Å². The summed E-state index contributed by atoms with van der Waals surface area (Å²) in [6.07, 6.45) is 3.84. The number of halogens is 1. The number of benzene rings is 2. The fraction of sp³-hybridized carbons (Fsp3) is 0.450. The van der Waals surface area contributed by atoms with Crippen molar-refractivity contribution < 1.29 is 14.3 Å². The Balaban J connectivity index is 1.87. The summed E-state index contributed by atoms with van der Waals surface area (Å²) in [6.45, 7) is 4.62. The minimum absolute atomic E-state index is 0.295. The number of methoxy groups -OCH3 is 1. The van der Waals surface area contributed by atoms with Crippen molar-refractivity contribution in [1.82, 2.24) is 0 Å². The van der Waals surface area contributed by atoms with Gasteiger partial charge >= 0.3 is 5.97 Å². The third-order valence-corrected chi connectivity index (χ3v) is 5.88. The molecule has 1 aliphatic carbocycles. The number of ether oxygens (including phenoxy) is 2. The fourth-order valence-corrected chi connectivity index (χ4v) is 4.55. The van der Waals surface area contributed by atoms with Crippen molar-refractivity contribution in [3.63, 3.8) is 0 Å². The summed E-state index contributed by atoms with van der Waals surface area (Å²) in [7, 11) is 1.40. The van der Waals surface area contributed by atoms with E-state index in [0.717, 1.165) is 44.8 Å². The molecule has 2 aromatic rings. The molecule has 4 heteroatoms. The summed E-state index contributed by atoms with van der Waals surface area (Å²) in [5.74, 6) is 2.08. The summed E-state index contributed by atoms with van der Waals surface area (Å²) in [4.78, 5) is 11.7. The molecule has 0 N–H and O–H groups in total. The van der Waals surface area contributed by atoms with Crippen molar-refractivity contribution in [2.24, 2.45) is 11.8 Å². The van der Waals surface area contributed by atoms with E-state index in [1.54, 1.807) is 0 Å². The van der Waals surface area contributed by atoms with Crippen molar-refractivity contribution in [3.8, 4) is 5.75 Å². The second kappa shape index (κ2) is 7.30. The van der Waals surface area contributed by atoms with Crippen LogP contribution in [0.4, 0.5) is 0 Å². The number of carbonyl (C=O) groups excluding carboxylic acids is 1. The SMILES string of the molecule is COC(=O)c1ccc2c(I)c(OC3CC(C)CC(C)C3)ccc2c1. The zero-order valence-electron chi connectivity index (χ0n) is 14.3. The molecule has 128 valence electrons. The molecule has 0 aromatic heterocycles. The monoisotopic (exact) mass is 438 g/mol. The average molecular weight is 438 g/mol. The molecule has 3 rings (SSSR count). The minimum atomic E-state index is -0.308. The Hall–Kier alpha value is -1.30. The van der Waals surface area contributed by atoms with E-state index in [9.17, 15) is 4.79 Å². The normalized spacial score (nSPS) is 23.9. The first-order valence-corrected chi connectivity index (χ1v) is 9.53. The maximum atomic E-state index is 11.7. The predicted octanol–water partition coefficient (Wildman–Crippen LogP) is 5.43. The standard InChI is InChI=1S/C20H23IO3/c1-12-8-13(2)10-16(9-12)24-18-7-5-14-11-15(20(22)23-3)4-6-17(14)19(18)21/h4-7,11-13,16H,8-10H2,1-3H3. The van der Waals surface area contributed by atoms with Gasteiger partial charge in [0.1, 0.15) is 5.75 Å². The number of esters is 1. The fourth-order valence-electron chi connectivity index (χ4n) is 3.76. The molecular formula is C20H23IO3. The van der Waals surface area contributed by atoms with Crippen molar-refractivity contribution in [3.05, 3.63) is 39.5 Å². The van der Waals surface area contributed by atoms with E-state index >= 15 is 0 Å². The van der Waals surface area contributed by atoms with Gasteiger partial charge in [0.2, 0.25) is 0 Å². The average Bonchev–Trinajstić information content (AvgIpc) is 2.55. The molecule has 3 nitrogen and oxygen atoms in total. The third kappa shape index (κ3) is 3.68. The molecule has 0 spiro atoms. The van der Waals surface area contributed by atoms with Crippen LogP contribution < -0.4 is 4.74 Å². The second-order valence-corrected chi connectivity index (χ2v) is 8.04. The Bertz CT molecular complexity index is 746. The maximum absolute atomic E-state index is 11.7. The van der Waals surface area contributed by atoms with Gasteiger partial charge in [0.15, 0.2) is 0 Å². The number of hydrogen-bond acceptors (Lipinski definition) is 3. The topological polar surface area (TPSA) is 35.5 Å². The highest BCUT2D eigenvalue weighted by Crippen LogP contribution is 2.35. The quantitative estimate of drug-likeness (QED) is 0.473. The lowest BCUT2D eigenvalue weighted by atomic mass is 9.82. The molecule has 0 amide bonds. The summed E-state index contributed by atoms with van der Waals surface area (Å²) in [6, 6.07) is 9.70. The summed E-state index contributed by atoms with van der Waals surface area (Å²) in [5, 5.41) is 2.14. The molecule has 0 heterocycles. The van der Waals surface area contributed by atoms with Gasteiger partial charge in [-0.05, 0) is 82.7 Å². The lowest BCUT2D eigenvalue weighted by Gasteiger charge is -2.32. The van der Waals surface area contributed by atoms with E-state index in [-0.39, 0.29) is 5.97 Å². The number of fused-ring (bicyclic) bond motifs is 1. The van der Waals surface area contributed by atoms with Gasteiger partial charge < -0.3 is 9.47 Å². The highest BCUT2D eigenvalue weighted by atomic mass is 127. The lowest BCUT2D eigenvalue weighted by molar-refractivity contribution is 0.0601. The van der Waals surface area contributed by atoms with Crippen molar-refractivity contribution in [2.75, 3.05) is 7.11 Å². The van der Waals surface area contributed by atoms with E-state index in [1.807, 2.05) is 30.3 Å². The molecule has 2 unspecified atom stereocenters.